The summed E-state index contributed by atoms with van der Waals surface area (Å²) in [5.41, 5.74) is 15.2. The fourth-order valence-electron chi connectivity index (χ4n) is 9.15. The summed E-state index contributed by atoms with van der Waals surface area (Å²) in [4.78, 5) is 2.43. The van der Waals surface area contributed by atoms with Crippen molar-refractivity contribution in [2.45, 2.75) is 0 Å². The summed E-state index contributed by atoms with van der Waals surface area (Å²) >= 11 is 0. The van der Waals surface area contributed by atoms with E-state index in [4.69, 9.17) is 0 Å². The largest absolute Gasteiger partial charge is 0.310 e. The van der Waals surface area contributed by atoms with Crippen LogP contribution >= 0.6 is 0 Å². The van der Waals surface area contributed by atoms with Crippen LogP contribution in [0.4, 0.5) is 17.1 Å². The molecule has 11 rings (SSSR count). The van der Waals surface area contributed by atoms with Crippen molar-refractivity contribution in [2.24, 2.45) is 0 Å². The van der Waals surface area contributed by atoms with Crippen molar-refractivity contribution in [3.63, 3.8) is 0 Å². The van der Waals surface area contributed by atoms with Crippen molar-refractivity contribution in [1.82, 2.24) is 0 Å². The van der Waals surface area contributed by atoms with Crippen LogP contribution in [0.5, 0.6) is 0 Å². The second kappa shape index (κ2) is 15.6. The first-order chi connectivity index (χ1) is 30.3. The van der Waals surface area contributed by atoms with Gasteiger partial charge in [0, 0.05) is 16.9 Å². The Kier molecular flexibility index (Phi) is 9.26. The minimum Gasteiger partial charge on any atom is -0.310 e. The Morgan fingerprint density at radius 1 is 0.213 bits per heavy atom. The molecule has 0 bridgehead atoms. The zero-order chi connectivity index (χ0) is 40.5. The van der Waals surface area contributed by atoms with E-state index in [0.29, 0.717) is 0 Å². The third-order valence-corrected chi connectivity index (χ3v) is 12.1. The van der Waals surface area contributed by atoms with E-state index in [1.807, 2.05) is 0 Å². The van der Waals surface area contributed by atoms with Crippen LogP contribution in [-0.4, -0.2) is 0 Å². The first-order valence-electron chi connectivity index (χ1n) is 21.0. The van der Waals surface area contributed by atoms with Crippen molar-refractivity contribution in [3.05, 3.63) is 249 Å². The van der Waals surface area contributed by atoms with E-state index in [-0.39, 0.29) is 0 Å². The zero-order valence-electron chi connectivity index (χ0n) is 33.6. The smallest absolute Gasteiger partial charge is 0.0540 e. The van der Waals surface area contributed by atoms with Crippen LogP contribution in [0.1, 0.15) is 0 Å². The van der Waals surface area contributed by atoms with Gasteiger partial charge >= 0.3 is 0 Å². The molecule has 1 heteroatoms. The molecular weight excluding hydrogens is 735 g/mol. The summed E-state index contributed by atoms with van der Waals surface area (Å²) in [5.74, 6) is 0. The van der Waals surface area contributed by atoms with E-state index in [1.165, 1.54) is 82.4 Å². The van der Waals surface area contributed by atoms with E-state index < -0.39 is 0 Å². The second-order valence-electron chi connectivity index (χ2n) is 15.7. The van der Waals surface area contributed by atoms with Gasteiger partial charge in [0.15, 0.2) is 0 Å². The number of benzene rings is 11. The highest BCUT2D eigenvalue weighted by Gasteiger charge is 2.21. The molecule has 0 aliphatic rings. The van der Waals surface area contributed by atoms with Crippen molar-refractivity contribution < 1.29 is 0 Å². The molecule has 61 heavy (non-hydrogen) atoms. The standard InChI is InChI=1S/C60H41N/c1-2-16-43(17-3-1)53-25-8-9-26-56(53)57-27-10-11-28-58(57)59-29-12-13-31-60(59)61(50-22-14-21-47(41-50)54-30-15-20-44-18-4-6-23-51(44)54)49-37-34-42(35-38-49)46-36-39-55-48(40-46)33-32-45-19-5-7-24-52(45)55/h1-41H. The predicted octanol–water partition coefficient (Wildman–Crippen LogP) is 17.0. The van der Waals surface area contributed by atoms with E-state index in [2.05, 4.69) is 254 Å². The first kappa shape index (κ1) is 36.1. The lowest BCUT2D eigenvalue weighted by atomic mass is 9.88. The number of para-hydroxylation sites is 1. The molecule has 11 aromatic rings. The van der Waals surface area contributed by atoms with Crippen LogP contribution in [0, 0.1) is 0 Å². The summed E-state index contributed by atoms with van der Waals surface area (Å²) in [6.45, 7) is 0. The number of rotatable bonds is 8. The molecule has 0 aromatic heterocycles. The molecule has 0 saturated heterocycles. The van der Waals surface area contributed by atoms with Gasteiger partial charge in [-0.05, 0) is 119 Å². The maximum Gasteiger partial charge on any atom is 0.0540 e. The quantitative estimate of drug-likeness (QED) is 0.139. The molecule has 11 aromatic carbocycles. The SMILES string of the molecule is c1ccc(-c2ccccc2-c2ccccc2-c2ccccc2N(c2ccc(-c3ccc4c(ccc5ccccc54)c3)cc2)c2cccc(-c3cccc4ccccc34)c2)cc1. The maximum absolute atomic E-state index is 2.43. The Labute approximate surface area is 357 Å². The number of nitrogens with zero attached hydrogens (tertiary/aromatic N) is 1. The molecule has 1 nitrogen and oxygen atoms in total. The molecule has 0 amide bonds. The Balaban J connectivity index is 1.07. The summed E-state index contributed by atoms with van der Waals surface area (Å²) in [6.07, 6.45) is 0. The highest BCUT2D eigenvalue weighted by atomic mass is 15.1. The summed E-state index contributed by atoms with van der Waals surface area (Å²) < 4.78 is 0. The third kappa shape index (κ3) is 6.73. The second-order valence-corrected chi connectivity index (χ2v) is 15.7. The maximum atomic E-state index is 2.43. The van der Waals surface area contributed by atoms with E-state index >= 15 is 0 Å². The van der Waals surface area contributed by atoms with Crippen molar-refractivity contribution >= 4 is 49.4 Å². The molecule has 0 unspecified atom stereocenters. The lowest BCUT2D eigenvalue weighted by Crippen LogP contribution is -2.11. The Hall–Kier alpha value is -8.00. The average Bonchev–Trinajstić information content (AvgIpc) is 3.34. The molecule has 0 aliphatic heterocycles. The normalized spacial score (nSPS) is 11.3. The number of hydrogen-bond donors (Lipinski definition) is 0. The summed E-state index contributed by atoms with van der Waals surface area (Å²) in [5, 5.41) is 7.55. The molecule has 0 spiro atoms. The van der Waals surface area contributed by atoms with Crippen LogP contribution in [-0.2, 0) is 0 Å². The highest BCUT2D eigenvalue weighted by Crippen LogP contribution is 2.46. The van der Waals surface area contributed by atoms with Gasteiger partial charge in [-0.2, -0.15) is 0 Å². The number of fused-ring (bicyclic) bond motifs is 4. The lowest BCUT2D eigenvalue weighted by Gasteiger charge is -2.29. The molecule has 0 heterocycles. The number of anilines is 3. The van der Waals surface area contributed by atoms with Gasteiger partial charge in [0.1, 0.15) is 0 Å². The average molecular weight is 776 g/mol. The van der Waals surface area contributed by atoms with Crippen LogP contribution in [0.25, 0.3) is 88.0 Å². The van der Waals surface area contributed by atoms with Gasteiger partial charge in [-0.15, -0.1) is 0 Å². The molecule has 0 atom stereocenters. The topological polar surface area (TPSA) is 3.24 Å². The highest BCUT2D eigenvalue weighted by molar-refractivity contribution is 6.08. The van der Waals surface area contributed by atoms with Gasteiger partial charge in [-0.25, -0.2) is 0 Å². The summed E-state index contributed by atoms with van der Waals surface area (Å²) in [6, 6.07) is 90.5. The lowest BCUT2D eigenvalue weighted by molar-refractivity contribution is 1.28. The molecule has 0 radical (unpaired) electrons. The fraction of sp³-hybridized carbons (Fsp3) is 0. The van der Waals surface area contributed by atoms with Crippen LogP contribution in [0.3, 0.4) is 0 Å². The fourth-order valence-corrected chi connectivity index (χ4v) is 9.15. The predicted molar refractivity (Wildman–Crippen MR) is 261 cm³/mol. The molecule has 0 saturated carbocycles. The van der Waals surface area contributed by atoms with E-state index in [0.717, 1.165) is 22.6 Å². The van der Waals surface area contributed by atoms with Gasteiger partial charge in [0.2, 0.25) is 0 Å². The molecule has 0 N–H and O–H groups in total. The van der Waals surface area contributed by atoms with Crippen molar-refractivity contribution in [1.29, 1.82) is 0 Å². The Bertz CT molecular complexity index is 3360. The van der Waals surface area contributed by atoms with Crippen LogP contribution < -0.4 is 4.90 Å². The van der Waals surface area contributed by atoms with Crippen molar-refractivity contribution in [2.75, 3.05) is 4.90 Å². The molecule has 0 fully saturated rings. The zero-order valence-corrected chi connectivity index (χ0v) is 33.6. The van der Waals surface area contributed by atoms with E-state index in [9.17, 15) is 0 Å². The minimum atomic E-state index is 1.08. The van der Waals surface area contributed by atoms with Gasteiger partial charge in [0.25, 0.3) is 0 Å². The Morgan fingerprint density at radius 3 is 1.51 bits per heavy atom. The van der Waals surface area contributed by atoms with Crippen LogP contribution in [0.15, 0.2) is 249 Å². The van der Waals surface area contributed by atoms with E-state index in [1.54, 1.807) is 0 Å². The Morgan fingerprint density at radius 2 is 0.721 bits per heavy atom. The minimum absolute atomic E-state index is 1.08. The monoisotopic (exact) mass is 775 g/mol. The van der Waals surface area contributed by atoms with Gasteiger partial charge in [0.05, 0.1) is 5.69 Å². The van der Waals surface area contributed by atoms with Gasteiger partial charge in [-0.3, -0.25) is 0 Å². The van der Waals surface area contributed by atoms with Crippen LogP contribution in [0.2, 0.25) is 0 Å². The summed E-state index contributed by atoms with van der Waals surface area (Å²) in [7, 11) is 0. The third-order valence-electron chi connectivity index (χ3n) is 12.1. The van der Waals surface area contributed by atoms with Gasteiger partial charge in [-0.1, -0.05) is 212 Å². The molecule has 0 aliphatic carbocycles. The first-order valence-corrected chi connectivity index (χ1v) is 21.0. The molecule has 286 valence electrons. The van der Waals surface area contributed by atoms with Crippen molar-refractivity contribution in [3.8, 4) is 55.6 Å². The number of hydrogen-bond acceptors (Lipinski definition) is 1. The molecular formula is C60H41N. The van der Waals surface area contributed by atoms with Gasteiger partial charge < -0.3 is 4.90 Å².